The maximum Gasteiger partial charge on any atom is 0.252 e. The topological polar surface area (TPSA) is 101 Å². The van der Waals surface area contributed by atoms with Gasteiger partial charge in [0.2, 0.25) is 15.9 Å². The van der Waals surface area contributed by atoms with Crippen molar-refractivity contribution in [3.63, 3.8) is 0 Å². The molecule has 0 radical (unpaired) electrons. The summed E-state index contributed by atoms with van der Waals surface area (Å²) < 4.78 is 55.3. The molecular formula is C19H20F2N6O3S. The molecule has 4 rings (SSSR count). The number of aromatic nitrogens is 4. The number of amides is 1. The van der Waals surface area contributed by atoms with Gasteiger partial charge in [0.25, 0.3) is 5.78 Å². The predicted octanol–water partition coefficient (Wildman–Crippen LogP) is 1.09. The zero-order valence-corrected chi connectivity index (χ0v) is 17.7. The van der Waals surface area contributed by atoms with Crippen molar-refractivity contribution >= 4 is 21.7 Å². The van der Waals surface area contributed by atoms with E-state index in [2.05, 4.69) is 15.1 Å². The number of halogens is 2. The van der Waals surface area contributed by atoms with E-state index >= 15 is 0 Å². The molecular weight excluding hydrogens is 430 g/mol. The van der Waals surface area contributed by atoms with Gasteiger partial charge in [-0.1, -0.05) is 0 Å². The van der Waals surface area contributed by atoms with Gasteiger partial charge in [-0.2, -0.15) is 9.29 Å². The molecule has 9 nitrogen and oxygen atoms in total. The highest BCUT2D eigenvalue weighted by Crippen LogP contribution is 2.22. The Balaban J connectivity index is 1.43. The first-order valence-electron chi connectivity index (χ1n) is 9.58. The standard InChI is InChI=1S/C19H20F2N6O3S/c1-12-9-13(2)27-19(22-12)23-17(24-27)11-18(28)25-5-7-26(8-6-25)31(29,30)16-10-14(20)3-4-15(16)21/h3-4,9-10H,5-8,11H2,1-2H3. The van der Waals surface area contributed by atoms with Crippen LogP contribution in [0.1, 0.15) is 17.2 Å². The third kappa shape index (κ3) is 4.12. The predicted molar refractivity (Wildman–Crippen MR) is 106 cm³/mol. The molecule has 1 saturated heterocycles. The molecule has 0 atom stereocenters. The molecule has 1 aliphatic rings. The van der Waals surface area contributed by atoms with E-state index in [1.807, 2.05) is 19.9 Å². The first-order valence-corrected chi connectivity index (χ1v) is 11.0. The van der Waals surface area contributed by atoms with Crippen LogP contribution in [0, 0.1) is 25.5 Å². The van der Waals surface area contributed by atoms with Crippen molar-refractivity contribution in [3.05, 3.63) is 53.1 Å². The van der Waals surface area contributed by atoms with E-state index in [4.69, 9.17) is 0 Å². The summed E-state index contributed by atoms with van der Waals surface area (Å²) >= 11 is 0. The Morgan fingerprint density at radius 3 is 2.48 bits per heavy atom. The maximum atomic E-state index is 14.0. The molecule has 1 aliphatic heterocycles. The molecule has 1 aromatic carbocycles. The molecule has 3 aromatic rings. The van der Waals surface area contributed by atoms with Crippen molar-refractivity contribution in [2.75, 3.05) is 26.2 Å². The Morgan fingerprint density at radius 2 is 1.77 bits per heavy atom. The number of rotatable bonds is 4. The fraction of sp³-hybridized carbons (Fsp3) is 0.368. The number of hydrogen-bond acceptors (Lipinski definition) is 6. The Bertz CT molecular complexity index is 1270. The van der Waals surface area contributed by atoms with Gasteiger partial charge in [0.1, 0.15) is 16.5 Å². The second-order valence-corrected chi connectivity index (χ2v) is 9.22. The lowest BCUT2D eigenvalue weighted by Crippen LogP contribution is -2.51. The number of sulfonamides is 1. The molecule has 164 valence electrons. The molecule has 12 heteroatoms. The van der Waals surface area contributed by atoms with Gasteiger partial charge in [0.05, 0.1) is 6.42 Å². The number of piperazine rings is 1. The first-order chi connectivity index (χ1) is 14.6. The highest BCUT2D eigenvalue weighted by atomic mass is 32.2. The van der Waals surface area contributed by atoms with Gasteiger partial charge in [0, 0.05) is 37.6 Å². The smallest absolute Gasteiger partial charge is 0.252 e. The van der Waals surface area contributed by atoms with Gasteiger partial charge in [0.15, 0.2) is 5.82 Å². The van der Waals surface area contributed by atoms with Gasteiger partial charge in [-0.25, -0.2) is 26.7 Å². The molecule has 3 heterocycles. The van der Waals surface area contributed by atoms with Crippen LogP contribution in [0.15, 0.2) is 29.2 Å². The quantitative estimate of drug-likeness (QED) is 0.590. The second-order valence-electron chi connectivity index (χ2n) is 7.32. The Labute approximate surface area is 177 Å². The molecule has 1 amide bonds. The fourth-order valence-electron chi connectivity index (χ4n) is 3.52. The average Bonchev–Trinajstić information content (AvgIpc) is 3.12. The van der Waals surface area contributed by atoms with Crippen LogP contribution < -0.4 is 0 Å². The first kappa shape index (κ1) is 21.2. The monoisotopic (exact) mass is 450 g/mol. The highest BCUT2D eigenvalue weighted by molar-refractivity contribution is 7.89. The Morgan fingerprint density at radius 1 is 1.06 bits per heavy atom. The van der Waals surface area contributed by atoms with E-state index in [1.165, 1.54) is 4.90 Å². The number of carbonyl (C=O) groups is 1. The number of fused-ring (bicyclic) bond motifs is 1. The van der Waals surface area contributed by atoms with Crippen LogP contribution in [0.3, 0.4) is 0 Å². The molecule has 0 spiro atoms. The minimum absolute atomic E-state index is 0.0253. The molecule has 0 saturated carbocycles. The summed E-state index contributed by atoms with van der Waals surface area (Å²) in [6, 6.07) is 4.15. The summed E-state index contributed by atoms with van der Waals surface area (Å²) in [5, 5.41) is 4.31. The van der Waals surface area contributed by atoms with E-state index in [-0.39, 0.29) is 38.5 Å². The molecule has 0 bridgehead atoms. The molecule has 1 fully saturated rings. The van der Waals surface area contributed by atoms with Crippen molar-refractivity contribution in [1.82, 2.24) is 28.8 Å². The minimum atomic E-state index is -4.21. The van der Waals surface area contributed by atoms with Crippen LogP contribution in [0.4, 0.5) is 8.78 Å². The van der Waals surface area contributed by atoms with E-state index in [0.29, 0.717) is 17.7 Å². The van der Waals surface area contributed by atoms with Crippen LogP contribution in [-0.4, -0.2) is 69.3 Å². The number of hydrogen-bond donors (Lipinski definition) is 0. The van der Waals surface area contributed by atoms with E-state index in [1.54, 1.807) is 4.52 Å². The zero-order chi connectivity index (χ0) is 22.3. The van der Waals surface area contributed by atoms with E-state index in [0.717, 1.165) is 27.8 Å². The minimum Gasteiger partial charge on any atom is -0.340 e. The van der Waals surface area contributed by atoms with Crippen LogP contribution in [0.5, 0.6) is 0 Å². The van der Waals surface area contributed by atoms with Gasteiger partial charge in [-0.15, -0.1) is 5.10 Å². The molecule has 0 aliphatic carbocycles. The summed E-state index contributed by atoms with van der Waals surface area (Å²) in [5.41, 5.74) is 1.64. The average molecular weight is 450 g/mol. The third-order valence-electron chi connectivity index (χ3n) is 5.07. The lowest BCUT2D eigenvalue weighted by molar-refractivity contribution is -0.131. The lowest BCUT2D eigenvalue weighted by atomic mass is 10.3. The van der Waals surface area contributed by atoms with Gasteiger partial charge >= 0.3 is 0 Å². The van der Waals surface area contributed by atoms with Gasteiger partial charge < -0.3 is 4.90 Å². The molecule has 31 heavy (non-hydrogen) atoms. The molecule has 2 aromatic heterocycles. The SMILES string of the molecule is Cc1cc(C)n2nc(CC(=O)N3CCN(S(=O)(=O)c4cc(F)ccc4F)CC3)nc2n1. The van der Waals surface area contributed by atoms with Crippen LogP contribution in [0.2, 0.25) is 0 Å². The van der Waals surface area contributed by atoms with Crippen molar-refractivity contribution in [3.8, 4) is 0 Å². The number of nitrogens with zero attached hydrogens (tertiary/aromatic N) is 6. The lowest BCUT2D eigenvalue weighted by Gasteiger charge is -2.34. The summed E-state index contributed by atoms with van der Waals surface area (Å²) in [5.74, 6) is -1.37. The normalized spacial score (nSPS) is 15.5. The number of benzene rings is 1. The molecule has 0 unspecified atom stereocenters. The number of carbonyl (C=O) groups excluding carboxylic acids is 1. The maximum absolute atomic E-state index is 14.0. The van der Waals surface area contributed by atoms with E-state index in [9.17, 15) is 22.0 Å². The summed E-state index contributed by atoms with van der Waals surface area (Å²) in [6.45, 7) is 3.90. The zero-order valence-electron chi connectivity index (χ0n) is 16.9. The van der Waals surface area contributed by atoms with Crippen molar-refractivity contribution < 1.29 is 22.0 Å². The summed E-state index contributed by atoms with van der Waals surface area (Å²) in [6.07, 6.45) is -0.0485. The summed E-state index contributed by atoms with van der Waals surface area (Å²) in [4.78, 5) is 22.0. The van der Waals surface area contributed by atoms with Crippen LogP contribution in [-0.2, 0) is 21.2 Å². The molecule has 0 N–H and O–H groups in total. The Kier molecular flexibility index (Phi) is 5.43. The largest absolute Gasteiger partial charge is 0.340 e. The van der Waals surface area contributed by atoms with E-state index < -0.39 is 26.6 Å². The highest BCUT2D eigenvalue weighted by Gasteiger charge is 2.32. The van der Waals surface area contributed by atoms with Gasteiger partial charge in [-0.05, 0) is 38.1 Å². The summed E-state index contributed by atoms with van der Waals surface area (Å²) in [7, 11) is -4.21. The van der Waals surface area contributed by atoms with Crippen molar-refractivity contribution in [2.45, 2.75) is 25.2 Å². The van der Waals surface area contributed by atoms with Crippen molar-refractivity contribution in [2.24, 2.45) is 0 Å². The Hall–Kier alpha value is -2.99. The third-order valence-corrected chi connectivity index (χ3v) is 6.99. The van der Waals surface area contributed by atoms with Crippen LogP contribution in [0.25, 0.3) is 5.78 Å². The van der Waals surface area contributed by atoms with Crippen LogP contribution >= 0.6 is 0 Å². The second kappa shape index (κ2) is 7.93. The van der Waals surface area contributed by atoms with Crippen molar-refractivity contribution in [1.29, 1.82) is 0 Å². The van der Waals surface area contributed by atoms with Gasteiger partial charge in [-0.3, -0.25) is 4.79 Å². The number of aryl methyl sites for hydroxylation is 2. The fourth-order valence-corrected chi connectivity index (χ4v) is 5.02.